The number of thiophene rings is 1. The molecule has 1 amide bonds. The molecule has 1 aliphatic rings. The first-order valence-corrected chi connectivity index (χ1v) is 5.75. The van der Waals surface area contributed by atoms with Crippen LogP contribution in [0.5, 0.6) is 0 Å². The minimum atomic E-state index is -0.912. The Kier molecular flexibility index (Phi) is 2.02. The predicted octanol–water partition coefficient (Wildman–Crippen LogP) is 2.34. The molecule has 0 aromatic carbocycles. The number of fused-ring (bicyclic) bond motifs is 3. The van der Waals surface area contributed by atoms with Crippen molar-refractivity contribution in [3.63, 3.8) is 0 Å². The fourth-order valence-corrected chi connectivity index (χ4v) is 3.32. The molecule has 2 aromatic heterocycles. The van der Waals surface area contributed by atoms with E-state index in [1.54, 1.807) is 0 Å². The number of carbonyl (C=O) groups is 1. The molecule has 16 heavy (non-hydrogen) atoms. The molecule has 0 unspecified atom stereocenters. The highest BCUT2D eigenvalue weighted by Crippen LogP contribution is 2.38. The van der Waals surface area contributed by atoms with Gasteiger partial charge in [0.1, 0.15) is 16.3 Å². The van der Waals surface area contributed by atoms with E-state index in [-0.39, 0.29) is 0 Å². The van der Waals surface area contributed by atoms with E-state index in [2.05, 4.69) is 9.97 Å². The molecule has 0 atom stereocenters. The van der Waals surface area contributed by atoms with Gasteiger partial charge in [-0.2, -0.15) is 0 Å². The summed E-state index contributed by atoms with van der Waals surface area (Å²) in [5.41, 5.74) is 0.952. The fraction of sp³-hybridized carbons (Fsp3) is 0.222. The lowest BCUT2D eigenvalue weighted by molar-refractivity contribution is 0.145. The van der Waals surface area contributed by atoms with Crippen molar-refractivity contribution < 1.29 is 9.90 Å². The minimum Gasteiger partial charge on any atom is -0.465 e. The van der Waals surface area contributed by atoms with Crippen molar-refractivity contribution in [1.29, 1.82) is 0 Å². The molecule has 7 heteroatoms. The SMILES string of the molecule is O=C(O)N1Cc2sc3ncnc(Cl)c3c2C1. The number of amides is 1. The summed E-state index contributed by atoms with van der Waals surface area (Å²) in [6.45, 7) is 0.791. The third-order valence-corrected chi connectivity index (χ3v) is 3.99. The van der Waals surface area contributed by atoms with Crippen molar-refractivity contribution in [3.8, 4) is 0 Å². The van der Waals surface area contributed by atoms with Gasteiger partial charge in [-0.15, -0.1) is 11.3 Å². The van der Waals surface area contributed by atoms with Crippen LogP contribution in [0, 0.1) is 0 Å². The quantitative estimate of drug-likeness (QED) is 0.734. The van der Waals surface area contributed by atoms with Crippen LogP contribution in [0.1, 0.15) is 10.4 Å². The van der Waals surface area contributed by atoms with Crippen LogP contribution in [0.2, 0.25) is 5.15 Å². The first-order chi connectivity index (χ1) is 7.66. The van der Waals surface area contributed by atoms with Crippen molar-refractivity contribution in [3.05, 3.63) is 21.9 Å². The summed E-state index contributed by atoms with van der Waals surface area (Å²) >= 11 is 7.48. The molecule has 3 rings (SSSR count). The second kappa shape index (κ2) is 3.29. The van der Waals surface area contributed by atoms with Gasteiger partial charge in [0.25, 0.3) is 0 Å². The molecule has 0 aliphatic carbocycles. The lowest BCUT2D eigenvalue weighted by Crippen LogP contribution is -2.22. The van der Waals surface area contributed by atoms with E-state index in [1.165, 1.54) is 22.6 Å². The summed E-state index contributed by atoms with van der Waals surface area (Å²) in [5.74, 6) is 0. The number of nitrogens with zero attached hydrogens (tertiary/aromatic N) is 3. The van der Waals surface area contributed by atoms with Crippen molar-refractivity contribution in [2.24, 2.45) is 0 Å². The van der Waals surface area contributed by atoms with Crippen LogP contribution in [0.15, 0.2) is 6.33 Å². The predicted molar refractivity (Wildman–Crippen MR) is 59.7 cm³/mol. The maximum Gasteiger partial charge on any atom is 0.407 e. The Hall–Kier alpha value is -1.40. The standard InChI is InChI=1S/C9H6ClN3O2S/c10-7-6-4-1-13(9(14)15)2-5(4)16-8(6)12-3-11-7/h3H,1-2H2,(H,14,15). The van der Waals surface area contributed by atoms with Gasteiger partial charge in [0, 0.05) is 4.88 Å². The largest absolute Gasteiger partial charge is 0.465 e. The highest BCUT2D eigenvalue weighted by molar-refractivity contribution is 7.19. The number of rotatable bonds is 0. The molecule has 0 fully saturated rings. The van der Waals surface area contributed by atoms with Crippen molar-refractivity contribution in [1.82, 2.24) is 14.9 Å². The van der Waals surface area contributed by atoms with Gasteiger partial charge in [-0.05, 0) is 5.56 Å². The normalized spacial score (nSPS) is 14.4. The van der Waals surface area contributed by atoms with Gasteiger partial charge in [-0.3, -0.25) is 4.90 Å². The molecular weight excluding hydrogens is 250 g/mol. The monoisotopic (exact) mass is 255 g/mol. The van der Waals surface area contributed by atoms with Gasteiger partial charge in [-0.1, -0.05) is 11.6 Å². The van der Waals surface area contributed by atoms with Crippen LogP contribution in [0.3, 0.4) is 0 Å². The highest BCUT2D eigenvalue weighted by Gasteiger charge is 2.28. The molecule has 0 radical (unpaired) electrons. The van der Waals surface area contributed by atoms with Crippen LogP contribution in [0.4, 0.5) is 4.79 Å². The lowest BCUT2D eigenvalue weighted by atomic mass is 10.2. The van der Waals surface area contributed by atoms with Gasteiger partial charge in [0.2, 0.25) is 0 Å². The zero-order valence-corrected chi connectivity index (χ0v) is 9.55. The molecule has 1 aliphatic heterocycles. The average Bonchev–Trinajstić information content (AvgIpc) is 2.73. The average molecular weight is 256 g/mol. The molecule has 5 nitrogen and oxygen atoms in total. The third kappa shape index (κ3) is 1.27. The van der Waals surface area contributed by atoms with Crippen LogP contribution >= 0.6 is 22.9 Å². The Morgan fingerprint density at radius 1 is 1.50 bits per heavy atom. The second-order valence-corrected chi connectivity index (χ2v) is 4.93. The smallest absolute Gasteiger partial charge is 0.407 e. The van der Waals surface area contributed by atoms with Gasteiger partial charge < -0.3 is 5.11 Å². The molecule has 0 saturated heterocycles. The number of hydrogen-bond donors (Lipinski definition) is 1. The first-order valence-electron chi connectivity index (χ1n) is 4.55. The van der Waals surface area contributed by atoms with E-state index in [0.717, 1.165) is 20.7 Å². The summed E-state index contributed by atoms with van der Waals surface area (Å²) in [6, 6.07) is 0. The van der Waals surface area contributed by atoms with E-state index in [0.29, 0.717) is 18.2 Å². The molecular formula is C9H6ClN3O2S. The van der Waals surface area contributed by atoms with Gasteiger partial charge in [0.05, 0.1) is 18.5 Å². The van der Waals surface area contributed by atoms with Crippen LogP contribution in [-0.2, 0) is 13.1 Å². The molecule has 0 saturated carbocycles. The summed E-state index contributed by atoms with van der Waals surface area (Å²) in [7, 11) is 0. The van der Waals surface area contributed by atoms with Crippen LogP contribution in [-0.4, -0.2) is 26.1 Å². The molecule has 0 bridgehead atoms. The zero-order chi connectivity index (χ0) is 11.3. The van der Waals surface area contributed by atoms with Crippen LogP contribution in [0.25, 0.3) is 10.2 Å². The fourth-order valence-electron chi connectivity index (χ4n) is 1.85. The van der Waals surface area contributed by atoms with E-state index in [1.807, 2.05) is 0 Å². The van der Waals surface area contributed by atoms with E-state index in [4.69, 9.17) is 16.7 Å². The number of hydrogen-bond acceptors (Lipinski definition) is 4. The summed E-state index contributed by atoms with van der Waals surface area (Å²) in [6.07, 6.45) is 0.509. The van der Waals surface area contributed by atoms with Crippen molar-refractivity contribution >= 4 is 39.2 Å². The number of halogens is 1. The molecule has 2 aromatic rings. The highest BCUT2D eigenvalue weighted by atomic mass is 35.5. The Morgan fingerprint density at radius 3 is 3.06 bits per heavy atom. The maximum atomic E-state index is 10.9. The summed E-state index contributed by atoms with van der Waals surface area (Å²) < 4.78 is 0. The minimum absolute atomic E-state index is 0.373. The van der Waals surface area contributed by atoms with Crippen molar-refractivity contribution in [2.45, 2.75) is 13.1 Å². The molecule has 3 heterocycles. The topological polar surface area (TPSA) is 66.3 Å². The van der Waals surface area contributed by atoms with E-state index >= 15 is 0 Å². The second-order valence-electron chi connectivity index (χ2n) is 3.49. The summed E-state index contributed by atoms with van der Waals surface area (Å²) in [4.78, 5) is 22.1. The van der Waals surface area contributed by atoms with Gasteiger partial charge in [-0.25, -0.2) is 14.8 Å². The maximum absolute atomic E-state index is 10.9. The van der Waals surface area contributed by atoms with Crippen LogP contribution < -0.4 is 0 Å². The Morgan fingerprint density at radius 2 is 2.31 bits per heavy atom. The molecule has 0 spiro atoms. The third-order valence-electron chi connectivity index (χ3n) is 2.58. The van der Waals surface area contributed by atoms with E-state index in [9.17, 15) is 4.79 Å². The van der Waals surface area contributed by atoms with Gasteiger partial charge >= 0.3 is 6.09 Å². The Bertz CT molecular complexity index is 598. The lowest BCUT2D eigenvalue weighted by Gasteiger charge is -2.09. The van der Waals surface area contributed by atoms with E-state index < -0.39 is 6.09 Å². The number of aromatic nitrogens is 2. The zero-order valence-electron chi connectivity index (χ0n) is 7.97. The van der Waals surface area contributed by atoms with Crippen molar-refractivity contribution in [2.75, 3.05) is 0 Å². The molecule has 1 N–H and O–H groups in total. The molecule has 82 valence electrons. The summed E-state index contributed by atoms with van der Waals surface area (Å²) in [5, 5.41) is 10.1. The first kappa shape index (κ1) is 9.80. The van der Waals surface area contributed by atoms with Gasteiger partial charge in [0.15, 0.2) is 0 Å². The Labute approximate surface area is 99.3 Å². The number of carboxylic acid groups (broad SMARTS) is 1. The Balaban J connectivity index is 2.17.